The van der Waals surface area contributed by atoms with Gasteiger partial charge in [0.15, 0.2) is 0 Å². The molecule has 0 aliphatic carbocycles. The number of nitrogens with one attached hydrogen (secondary N) is 1. The number of thiophene rings is 1. The van der Waals surface area contributed by atoms with Crippen molar-refractivity contribution >= 4 is 39.6 Å². The van der Waals surface area contributed by atoms with Crippen LogP contribution < -0.4 is 10.1 Å². The van der Waals surface area contributed by atoms with E-state index < -0.39 is 5.41 Å². The molecule has 11 heteroatoms. The summed E-state index contributed by atoms with van der Waals surface area (Å²) in [7, 11) is 0. The molecule has 1 aromatic carbocycles. The Kier molecular flexibility index (Phi) is 6.42. The zero-order valence-electron chi connectivity index (χ0n) is 20.8. The first-order valence-electron chi connectivity index (χ1n) is 12.2. The average molecular weight is 548 g/mol. The van der Waals surface area contributed by atoms with Crippen molar-refractivity contribution in [1.82, 2.24) is 20.1 Å². The van der Waals surface area contributed by atoms with Crippen LogP contribution in [0.5, 0.6) is 11.6 Å². The minimum absolute atomic E-state index is 0.0101. The van der Waals surface area contributed by atoms with E-state index in [2.05, 4.69) is 15.5 Å². The molecule has 5 heterocycles. The minimum Gasteiger partial charge on any atom is -0.438 e. The number of fused-ring (bicyclic) bond motifs is 2. The average Bonchev–Trinajstić information content (AvgIpc) is 3.64. The lowest BCUT2D eigenvalue weighted by Gasteiger charge is -2.37. The summed E-state index contributed by atoms with van der Waals surface area (Å²) < 4.78 is 11.6. The molecule has 4 aromatic rings. The van der Waals surface area contributed by atoms with Crippen LogP contribution >= 0.6 is 22.7 Å². The molecular weight excluding hydrogens is 522 g/mol. The van der Waals surface area contributed by atoms with Crippen molar-refractivity contribution < 1.29 is 19.1 Å². The standard InChI is InChI=1S/C27H25N5O4S2/c1-27(2,25(34)30-26-31-28-15-37-26)22-16-5-3-4-6-19(16)36-23-17(22)7-8-18(29-23)20-9-10-21(38-20)24(33)32-11-13-35-14-12-32/h3-10,15,22H,11-14H2,1-2H3,(H,30,31,34)/t22-/m0/s1. The maximum absolute atomic E-state index is 13.5. The van der Waals surface area contributed by atoms with Gasteiger partial charge in [0.25, 0.3) is 5.91 Å². The molecule has 1 fully saturated rings. The summed E-state index contributed by atoms with van der Waals surface area (Å²) in [5.74, 6) is 0.656. The molecule has 6 rings (SSSR count). The molecule has 1 saturated heterocycles. The van der Waals surface area contributed by atoms with Gasteiger partial charge in [-0.25, -0.2) is 4.98 Å². The van der Waals surface area contributed by atoms with E-state index in [1.807, 2.05) is 67.3 Å². The summed E-state index contributed by atoms with van der Waals surface area (Å²) in [6.45, 7) is 6.14. The number of benzene rings is 1. The van der Waals surface area contributed by atoms with E-state index in [-0.39, 0.29) is 17.7 Å². The Hall–Kier alpha value is -3.67. The molecular formula is C27H25N5O4S2. The zero-order valence-corrected chi connectivity index (χ0v) is 22.5. The van der Waals surface area contributed by atoms with Gasteiger partial charge in [-0.1, -0.05) is 49.4 Å². The molecule has 2 aliphatic heterocycles. The number of hydrogen-bond donors (Lipinski definition) is 1. The number of carbonyl (C=O) groups excluding carboxylic acids is 2. The maximum Gasteiger partial charge on any atom is 0.264 e. The van der Waals surface area contributed by atoms with Crippen molar-refractivity contribution in [2.24, 2.45) is 5.41 Å². The van der Waals surface area contributed by atoms with Crippen molar-refractivity contribution in [3.63, 3.8) is 0 Å². The van der Waals surface area contributed by atoms with Gasteiger partial charge < -0.3 is 19.7 Å². The van der Waals surface area contributed by atoms with Gasteiger partial charge in [0.1, 0.15) is 11.3 Å². The largest absolute Gasteiger partial charge is 0.438 e. The van der Waals surface area contributed by atoms with Crippen molar-refractivity contribution in [1.29, 1.82) is 0 Å². The summed E-state index contributed by atoms with van der Waals surface area (Å²) in [5, 5.41) is 11.1. The van der Waals surface area contributed by atoms with Gasteiger partial charge in [0, 0.05) is 30.1 Å². The third kappa shape index (κ3) is 4.46. The SMILES string of the molecule is CC(C)(C(=O)Nc1nncs1)[C@H]1c2ccccc2Oc2nc(-c3ccc(C(=O)N4CCOCC4)s3)ccc21. The Balaban J connectivity index is 1.33. The Morgan fingerprint density at radius 3 is 2.66 bits per heavy atom. The fourth-order valence-corrected chi connectivity index (χ4v) is 6.26. The van der Waals surface area contributed by atoms with Gasteiger partial charge in [0.2, 0.25) is 16.9 Å². The number of ether oxygens (including phenoxy) is 2. The second-order valence-electron chi connectivity index (χ2n) is 9.65. The van der Waals surface area contributed by atoms with Crippen LogP contribution in [-0.4, -0.2) is 58.2 Å². The van der Waals surface area contributed by atoms with Gasteiger partial charge in [-0.3, -0.25) is 9.59 Å². The van der Waals surface area contributed by atoms with E-state index in [9.17, 15) is 9.59 Å². The maximum atomic E-state index is 13.5. The minimum atomic E-state index is -0.857. The van der Waals surface area contributed by atoms with Crippen molar-refractivity contribution in [3.05, 3.63) is 70.0 Å². The number of amides is 2. The van der Waals surface area contributed by atoms with Crippen molar-refractivity contribution in [2.45, 2.75) is 19.8 Å². The van der Waals surface area contributed by atoms with Gasteiger partial charge >= 0.3 is 0 Å². The third-order valence-electron chi connectivity index (χ3n) is 6.89. The van der Waals surface area contributed by atoms with E-state index in [1.165, 1.54) is 22.7 Å². The number of morpholine rings is 1. The lowest BCUT2D eigenvalue weighted by atomic mass is 9.69. The molecule has 0 unspecified atom stereocenters. The van der Waals surface area contributed by atoms with E-state index in [1.54, 1.807) is 5.51 Å². The number of aromatic nitrogens is 3. The molecule has 194 valence electrons. The third-order valence-corrected chi connectivity index (χ3v) is 8.59. The zero-order chi connectivity index (χ0) is 26.3. The first-order chi connectivity index (χ1) is 18.4. The van der Waals surface area contributed by atoms with E-state index in [0.29, 0.717) is 53.6 Å². The molecule has 38 heavy (non-hydrogen) atoms. The van der Waals surface area contributed by atoms with Gasteiger partial charge in [-0.2, -0.15) is 0 Å². The number of rotatable bonds is 5. The molecule has 0 saturated carbocycles. The Bertz CT molecular complexity index is 1490. The lowest BCUT2D eigenvalue weighted by molar-refractivity contribution is -0.124. The van der Waals surface area contributed by atoms with E-state index >= 15 is 0 Å². The van der Waals surface area contributed by atoms with Crippen LogP contribution in [0.1, 0.15) is 40.6 Å². The first-order valence-corrected chi connectivity index (χ1v) is 13.9. The lowest BCUT2D eigenvalue weighted by Crippen LogP contribution is -2.40. The predicted octanol–water partition coefficient (Wildman–Crippen LogP) is 5.04. The highest BCUT2D eigenvalue weighted by Gasteiger charge is 2.44. The molecule has 0 radical (unpaired) electrons. The van der Waals surface area contributed by atoms with Crippen LogP contribution in [0.4, 0.5) is 5.13 Å². The normalized spacial score (nSPS) is 16.8. The second kappa shape index (κ2) is 9.90. The number of anilines is 1. The number of carbonyl (C=O) groups is 2. The Labute approximate surface area is 227 Å². The fraction of sp³-hybridized carbons (Fsp3) is 0.296. The summed E-state index contributed by atoms with van der Waals surface area (Å²) in [6, 6.07) is 15.4. The summed E-state index contributed by atoms with van der Waals surface area (Å²) in [6.07, 6.45) is 0. The second-order valence-corrected chi connectivity index (χ2v) is 11.6. The van der Waals surface area contributed by atoms with Gasteiger partial charge in [0.05, 0.1) is 34.1 Å². The number of para-hydroxylation sites is 1. The highest BCUT2D eigenvalue weighted by molar-refractivity contribution is 7.17. The van der Waals surface area contributed by atoms with Crippen LogP contribution in [0.25, 0.3) is 10.6 Å². The molecule has 1 N–H and O–H groups in total. The van der Waals surface area contributed by atoms with Crippen molar-refractivity contribution in [2.75, 3.05) is 31.6 Å². The first kappa shape index (κ1) is 24.7. The monoisotopic (exact) mass is 547 g/mol. The summed E-state index contributed by atoms with van der Waals surface area (Å²) in [5.41, 5.74) is 3.18. The van der Waals surface area contributed by atoms with Crippen molar-refractivity contribution in [3.8, 4) is 22.2 Å². The molecule has 2 aliphatic rings. The molecule has 3 aromatic heterocycles. The molecule has 2 amide bonds. The highest BCUT2D eigenvalue weighted by atomic mass is 32.1. The number of pyridine rings is 1. The molecule has 9 nitrogen and oxygen atoms in total. The van der Waals surface area contributed by atoms with Gasteiger partial charge in [-0.05, 0) is 24.3 Å². The van der Waals surface area contributed by atoms with E-state index in [0.717, 1.165) is 16.0 Å². The topological polar surface area (TPSA) is 107 Å². The van der Waals surface area contributed by atoms with E-state index in [4.69, 9.17) is 14.5 Å². The van der Waals surface area contributed by atoms with Crippen LogP contribution in [0.15, 0.2) is 54.0 Å². The number of nitrogens with zero attached hydrogens (tertiary/aromatic N) is 4. The van der Waals surface area contributed by atoms with Crippen LogP contribution in [0, 0.1) is 5.41 Å². The quantitative estimate of drug-likeness (QED) is 0.373. The molecule has 0 spiro atoms. The Morgan fingerprint density at radius 1 is 1.05 bits per heavy atom. The summed E-state index contributed by atoms with van der Waals surface area (Å²) in [4.78, 5) is 34.6. The fourth-order valence-electron chi connectivity index (χ4n) is 4.88. The molecule has 0 bridgehead atoms. The highest BCUT2D eigenvalue weighted by Crippen LogP contribution is 2.52. The predicted molar refractivity (Wildman–Crippen MR) is 145 cm³/mol. The van der Waals surface area contributed by atoms with Crippen LogP contribution in [0.2, 0.25) is 0 Å². The Morgan fingerprint density at radius 2 is 1.87 bits per heavy atom. The molecule has 1 atom stereocenters. The van der Waals surface area contributed by atoms with Gasteiger partial charge in [-0.15, -0.1) is 21.5 Å². The summed E-state index contributed by atoms with van der Waals surface area (Å²) >= 11 is 2.69. The van der Waals surface area contributed by atoms with Crippen LogP contribution in [-0.2, 0) is 9.53 Å². The van der Waals surface area contributed by atoms with Crippen LogP contribution in [0.3, 0.4) is 0 Å². The smallest absolute Gasteiger partial charge is 0.264 e. The number of hydrogen-bond acceptors (Lipinski definition) is 9.